The van der Waals surface area contributed by atoms with Gasteiger partial charge < -0.3 is 9.47 Å². The van der Waals surface area contributed by atoms with Crippen LogP contribution in [-0.4, -0.2) is 31.1 Å². The van der Waals surface area contributed by atoms with Gasteiger partial charge in [0.25, 0.3) is 11.8 Å². The lowest BCUT2D eigenvalue weighted by atomic mass is 10.0. The molecule has 0 spiro atoms. The van der Waals surface area contributed by atoms with Crippen molar-refractivity contribution in [2.45, 2.75) is 25.9 Å². The monoisotopic (exact) mass is 415 g/mol. The van der Waals surface area contributed by atoms with E-state index in [9.17, 15) is 9.59 Å². The molecule has 0 aromatic heterocycles. The second-order valence-corrected chi connectivity index (χ2v) is 7.49. The Labute approximate surface area is 182 Å². The predicted molar refractivity (Wildman–Crippen MR) is 120 cm³/mol. The molecule has 4 rings (SSSR count). The van der Waals surface area contributed by atoms with Gasteiger partial charge in [0.1, 0.15) is 18.5 Å². The molecule has 158 valence electrons. The predicted octanol–water partition coefficient (Wildman–Crippen LogP) is 4.90. The van der Waals surface area contributed by atoms with E-state index in [1.807, 2.05) is 24.3 Å². The number of anilines is 1. The van der Waals surface area contributed by atoms with E-state index >= 15 is 0 Å². The van der Waals surface area contributed by atoms with Crippen molar-refractivity contribution in [1.29, 1.82) is 0 Å². The van der Waals surface area contributed by atoms with E-state index in [0.717, 1.165) is 18.4 Å². The van der Waals surface area contributed by atoms with E-state index in [-0.39, 0.29) is 12.0 Å². The molecule has 1 heterocycles. The Balaban J connectivity index is 1.73. The van der Waals surface area contributed by atoms with Crippen LogP contribution >= 0.6 is 0 Å². The van der Waals surface area contributed by atoms with E-state index < -0.39 is 5.91 Å². The van der Waals surface area contributed by atoms with E-state index in [4.69, 9.17) is 9.47 Å². The Morgan fingerprint density at radius 2 is 1.65 bits per heavy atom. The average molecular weight is 415 g/mol. The van der Waals surface area contributed by atoms with Gasteiger partial charge in [0.05, 0.1) is 17.9 Å². The summed E-state index contributed by atoms with van der Waals surface area (Å²) < 4.78 is 11.2. The van der Waals surface area contributed by atoms with Crippen molar-refractivity contribution in [3.63, 3.8) is 0 Å². The normalized spacial score (nSPS) is 14.7. The Bertz CT molecular complexity index is 1050. The number of hydrogen-bond donors (Lipinski definition) is 0. The lowest BCUT2D eigenvalue weighted by Gasteiger charge is -2.23. The first kappa shape index (κ1) is 20.8. The first-order valence-electron chi connectivity index (χ1n) is 10.5. The van der Waals surface area contributed by atoms with Gasteiger partial charge in [-0.05, 0) is 48.4 Å². The molecule has 3 aromatic rings. The van der Waals surface area contributed by atoms with Gasteiger partial charge in [-0.15, -0.1) is 0 Å². The third kappa shape index (κ3) is 5.01. The minimum absolute atomic E-state index is 0.0639. The maximum absolute atomic E-state index is 13.7. The van der Waals surface area contributed by atoms with Crippen LogP contribution in [-0.2, 0) is 11.2 Å². The number of nitrogens with zero attached hydrogens (tertiary/aromatic N) is 1. The van der Waals surface area contributed by atoms with Crippen LogP contribution in [0.5, 0.6) is 5.75 Å². The standard InChI is InChI=1S/C26H25NO4/c1-2-9-19-14-15-23(24(16-19)31-18-22-17-30-22)26(29)27(21-12-7-4-8-13-21)25(28)20-10-5-3-6-11-20/h3-8,10-16,22H,2,9,17-18H2,1H3. The van der Waals surface area contributed by atoms with Crippen molar-refractivity contribution in [1.82, 2.24) is 0 Å². The van der Waals surface area contributed by atoms with Crippen molar-refractivity contribution in [3.8, 4) is 5.75 Å². The number of benzene rings is 3. The minimum atomic E-state index is -0.421. The topological polar surface area (TPSA) is 59.1 Å². The molecular weight excluding hydrogens is 390 g/mol. The van der Waals surface area contributed by atoms with E-state index in [2.05, 4.69) is 6.92 Å². The second-order valence-electron chi connectivity index (χ2n) is 7.49. The van der Waals surface area contributed by atoms with Crippen LogP contribution in [0.15, 0.2) is 78.9 Å². The molecule has 0 aliphatic carbocycles. The molecule has 1 fully saturated rings. The molecule has 0 bridgehead atoms. The van der Waals surface area contributed by atoms with E-state index in [0.29, 0.717) is 35.8 Å². The van der Waals surface area contributed by atoms with Crippen molar-refractivity contribution >= 4 is 17.5 Å². The lowest BCUT2D eigenvalue weighted by Crippen LogP contribution is -2.37. The summed E-state index contributed by atoms with van der Waals surface area (Å²) in [5.41, 5.74) is 2.40. The molecule has 0 N–H and O–H groups in total. The molecule has 0 radical (unpaired) electrons. The third-order valence-corrected chi connectivity index (χ3v) is 5.08. The summed E-state index contributed by atoms with van der Waals surface area (Å²) in [5.74, 6) is -0.325. The molecule has 1 unspecified atom stereocenters. The van der Waals surface area contributed by atoms with Gasteiger partial charge in [0, 0.05) is 5.56 Å². The van der Waals surface area contributed by atoms with Gasteiger partial charge in [-0.2, -0.15) is 0 Å². The maximum atomic E-state index is 13.7. The Morgan fingerprint density at radius 3 is 2.29 bits per heavy atom. The van der Waals surface area contributed by atoms with Gasteiger partial charge in [0.2, 0.25) is 0 Å². The fourth-order valence-electron chi connectivity index (χ4n) is 3.39. The van der Waals surface area contributed by atoms with Crippen molar-refractivity contribution in [2.24, 2.45) is 0 Å². The van der Waals surface area contributed by atoms with Gasteiger partial charge in [-0.3, -0.25) is 9.59 Å². The van der Waals surface area contributed by atoms with E-state index in [1.165, 1.54) is 4.90 Å². The molecule has 1 aliphatic rings. The van der Waals surface area contributed by atoms with Crippen LogP contribution in [0.2, 0.25) is 0 Å². The summed E-state index contributed by atoms with van der Waals surface area (Å²) in [4.78, 5) is 28.3. The Hall–Kier alpha value is -3.44. The number of carbonyl (C=O) groups is 2. The SMILES string of the molecule is CCCc1ccc(C(=O)N(C(=O)c2ccccc2)c2ccccc2)c(OCC2CO2)c1. The fourth-order valence-corrected chi connectivity index (χ4v) is 3.39. The summed E-state index contributed by atoms with van der Waals surface area (Å²) in [6.45, 7) is 3.15. The zero-order valence-electron chi connectivity index (χ0n) is 17.5. The van der Waals surface area contributed by atoms with Crippen molar-refractivity contribution in [3.05, 3.63) is 95.6 Å². The molecule has 1 aliphatic heterocycles. The fraction of sp³-hybridized carbons (Fsp3) is 0.231. The van der Waals surface area contributed by atoms with Crippen LogP contribution < -0.4 is 9.64 Å². The van der Waals surface area contributed by atoms with Crippen LogP contribution in [0.25, 0.3) is 0 Å². The molecule has 1 atom stereocenters. The van der Waals surface area contributed by atoms with Crippen molar-refractivity contribution < 1.29 is 19.1 Å². The zero-order chi connectivity index (χ0) is 21.6. The zero-order valence-corrected chi connectivity index (χ0v) is 17.5. The van der Waals surface area contributed by atoms with E-state index in [1.54, 1.807) is 54.6 Å². The highest BCUT2D eigenvalue weighted by atomic mass is 16.6. The lowest BCUT2D eigenvalue weighted by molar-refractivity contribution is 0.0895. The molecule has 31 heavy (non-hydrogen) atoms. The summed E-state index contributed by atoms with van der Waals surface area (Å²) in [7, 11) is 0. The first-order chi connectivity index (χ1) is 15.2. The summed E-state index contributed by atoms with van der Waals surface area (Å²) >= 11 is 0. The molecule has 2 amide bonds. The van der Waals surface area contributed by atoms with Crippen LogP contribution in [0.3, 0.4) is 0 Å². The number of epoxide rings is 1. The quantitative estimate of drug-likeness (QED) is 0.388. The highest BCUT2D eigenvalue weighted by molar-refractivity contribution is 6.26. The van der Waals surface area contributed by atoms with Crippen LogP contribution in [0, 0.1) is 0 Å². The Kier molecular flexibility index (Phi) is 6.43. The molecule has 5 nitrogen and oxygen atoms in total. The number of aryl methyl sites for hydroxylation is 1. The number of imide groups is 1. The largest absolute Gasteiger partial charge is 0.490 e. The van der Waals surface area contributed by atoms with Gasteiger partial charge in [0.15, 0.2) is 0 Å². The number of carbonyl (C=O) groups excluding carboxylic acids is 2. The molecular formula is C26H25NO4. The van der Waals surface area contributed by atoms with Gasteiger partial charge >= 0.3 is 0 Å². The number of ether oxygens (including phenoxy) is 2. The first-order valence-corrected chi connectivity index (χ1v) is 10.5. The third-order valence-electron chi connectivity index (χ3n) is 5.08. The average Bonchev–Trinajstić information content (AvgIpc) is 3.64. The maximum Gasteiger partial charge on any atom is 0.269 e. The smallest absolute Gasteiger partial charge is 0.269 e. The number of rotatable bonds is 8. The molecule has 3 aromatic carbocycles. The summed E-state index contributed by atoms with van der Waals surface area (Å²) in [6.07, 6.45) is 1.94. The molecule has 1 saturated heterocycles. The van der Waals surface area contributed by atoms with Crippen molar-refractivity contribution in [2.75, 3.05) is 18.1 Å². The number of para-hydroxylation sites is 1. The van der Waals surface area contributed by atoms with Crippen LogP contribution in [0.4, 0.5) is 5.69 Å². The molecule has 0 saturated carbocycles. The summed E-state index contributed by atoms with van der Waals surface area (Å²) in [5, 5.41) is 0. The minimum Gasteiger partial charge on any atom is -0.490 e. The second kappa shape index (κ2) is 9.58. The van der Waals surface area contributed by atoms with Crippen LogP contribution in [0.1, 0.15) is 39.6 Å². The highest BCUT2D eigenvalue weighted by Crippen LogP contribution is 2.28. The highest BCUT2D eigenvalue weighted by Gasteiger charge is 2.29. The summed E-state index contributed by atoms with van der Waals surface area (Å²) in [6, 6.07) is 23.4. The Morgan fingerprint density at radius 1 is 0.968 bits per heavy atom. The number of amides is 2. The van der Waals surface area contributed by atoms with Gasteiger partial charge in [-0.1, -0.05) is 55.8 Å². The number of hydrogen-bond acceptors (Lipinski definition) is 4. The van der Waals surface area contributed by atoms with Gasteiger partial charge in [-0.25, -0.2) is 4.90 Å². The molecule has 5 heteroatoms.